The Balaban J connectivity index is 1.44. The summed E-state index contributed by atoms with van der Waals surface area (Å²) in [6, 6.07) is 20.7. The van der Waals surface area contributed by atoms with Gasteiger partial charge in [-0.15, -0.1) is 0 Å². The first-order valence-electron chi connectivity index (χ1n) is 10.8. The fourth-order valence-electron chi connectivity index (χ4n) is 3.98. The van der Waals surface area contributed by atoms with Crippen LogP contribution in [0.2, 0.25) is 5.02 Å². The van der Waals surface area contributed by atoms with Crippen molar-refractivity contribution in [2.75, 3.05) is 31.9 Å². The highest BCUT2D eigenvalue weighted by atomic mass is 35.5. The van der Waals surface area contributed by atoms with Gasteiger partial charge in [0.15, 0.2) is 0 Å². The van der Waals surface area contributed by atoms with Gasteiger partial charge in [0.1, 0.15) is 11.9 Å². The largest absolute Gasteiger partial charge is 0.382 e. The number of nitrogens with two attached hydrogens (primary N) is 1. The maximum Gasteiger partial charge on any atom is 0.255 e. The third-order valence-electron chi connectivity index (χ3n) is 5.76. The lowest BCUT2D eigenvalue weighted by atomic mass is 10.0. The number of carbonyl (C=O) groups excluding carboxylic acids is 2. The molecule has 0 bridgehead atoms. The van der Waals surface area contributed by atoms with Crippen LogP contribution in [0.25, 0.3) is 0 Å². The molecule has 7 nitrogen and oxygen atoms in total. The molecule has 0 saturated carbocycles. The van der Waals surface area contributed by atoms with Gasteiger partial charge in [-0.05, 0) is 17.2 Å². The van der Waals surface area contributed by atoms with Crippen LogP contribution >= 0.6 is 11.6 Å². The van der Waals surface area contributed by atoms with E-state index in [1.165, 1.54) is 6.20 Å². The number of hydrogen-bond acceptors (Lipinski definition) is 5. The third-order valence-corrected chi connectivity index (χ3v) is 6.06. The minimum atomic E-state index is -0.431. The Hall–Kier alpha value is -3.42. The number of carbonyl (C=O) groups is 2. The summed E-state index contributed by atoms with van der Waals surface area (Å²) in [5, 5.41) is 3.33. The standard InChI is InChI=1S/C25H26ClN5O2/c26-21-15-20(17-28-23(21)27)25(33)31-13-11-30(12-14-31)22(19-9-5-2-6-10-19)24(32)29-16-18-7-3-1-4-8-18/h1-10,15,17,22H,11-14,16H2,(H2,27,28)(H,29,32)/t22-/m0/s1. The fourth-order valence-corrected chi connectivity index (χ4v) is 4.14. The van der Waals surface area contributed by atoms with Gasteiger partial charge in [-0.1, -0.05) is 72.3 Å². The predicted octanol–water partition coefficient (Wildman–Crippen LogP) is 3.13. The van der Waals surface area contributed by atoms with Crippen LogP contribution < -0.4 is 11.1 Å². The molecule has 170 valence electrons. The number of aromatic nitrogens is 1. The van der Waals surface area contributed by atoms with Crippen LogP contribution in [-0.4, -0.2) is 52.8 Å². The first kappa shape index (κ1) is 22.8. The van der Waals surface area contributed by atoms with Gasteiger partial charge in [0.25, 0.3) is 5.91 Å². The highest BCUT2D eigenvalue weighted by Gasteiger charge is 2.32. The molecule has 8 heteroatoms. The smallest absolute Gasteiger partial charge is 0.255 e. The third kappa shape index (κ3) is 5.50. The number of anilines is 1. The summed E-state index contributed by atoms with van der Waals surface area (Å²) < 4.78 is 0. The Morgan fingerprint density at radius 3 is 2.27 bits per heavy atom. The van der Waals surface area contributed by atoms with Gasteiger partial charge in [-0.25, -0.2) is 4.98 Å². The van der Waals surface area contributed by atoms with Crippen molar-refractivity contribution >= 4 is 29.2 Å². The molecule has 2 heterocycles. The number of rotatable bonds is 6. The Morgan fingerprint density at radius 1 is 1.00 bits per heavy atom. The summed E-state index contributed by atoms with van der Waals surface area (Å²) in [4.78, 5) is 34.0. The van der Waals surface area contributed by atoms with E-state index in [0.717, 1.165) is 11.1 Å². The number of nitrogens with one attached hydrogen (secondary N) is 1. The van der Waals surface area contributed by atoms with Crippen LogP contribution in [0.1, 0.15) is 27.5 Å². The van der Waals surface area contributed by atoms with Crippen molar-refractivity contribution in [1.82, 2.24) is 20.1 Å². The Bertz CT molecular complexity index is 1100. The average Bonchev–Trinajstić information content (AvgIpc) is 2.86. The molecule has 2 aromatic carbocycles. The lowest BCUT2D eigenvalue weighted by Crippen LogP contribution is -2.52. The maximum atomic E-state index is 13.3. The van der Waals surface area contributed by atoms with E-state index < -0.39 is 6.04 Å². The van der Waals surface area contributed by atoms with Crippen molar-refractivity contribution in [3.05, 3.63) is 94.6 Å². The van der Waals surface area contributed by atoms with Gasteiger partial charge in [-0.3, -0.25) is 14.5 Å². The Morgan fingerprint density at radius 2 is 1.64 bits per heavy atom. The lowest BCUT2D eigenvalue weighted by Gasteiger charge is -2.38. The van der Waals surface area contributed by atoms with Crippen LogP contribution in [-0.2, 0) is 11.3 Å². The summed E-state index contributed by atoms with van der Waals surface area (Å²) >= 11 is 6.03. The highest BCUT2D eigenvalue weighted by Crippen LogP contribution is 2.24. The molecular weight excluding hydrogens is 438 g/mol. The van der Waals surface area contributed by atoms with Gasteiger partial charge in [-0.2, -0.15) is 0 Å². The summed E-state index contributed by atoms with van der Waals surface area (Å²) in [5.41, 5.74) is 8.03. The number of halogens is 1. The lowest BCUT2D eigenvalue weighted by molar-refractivity contribution is -0.127. The van der Waals surface area contributed by atoms with Crippen molar-refractivity contribution in [2.45, 2.75) is 12.6 Å². The molecule has 1 aromatic heterocycles. The van der Waals surface area contributed by atoms with Gasteiger partial charge in [0.2, 0.25) is 5.91 Å². The molecule has 1 atom stereocenters. The van der Waals surface area contributed by atoms with E-state index in [4.69, 9.17) is 17.3 Å². The Kier molecular flexibility index (Phi) is 7.22. The molecule has 3 aromatic rings. The van der Waals surface area contributed by atoms with Gasteiger partial charge < -0.3 is 16.0 Å². The molecule has 33 heavy (non-hydrogen) atoms. The predicted molar refractivity (Wildman–Crippen MR) is 129 cm³/mol. The zero-order valence-corrected chi connectivity index (χ0v) is 18.9. The number of amides is 2. The zero-order valence-electron chi connectivity index (χ0n) is 18.2. The van der Waals surface area contributed by atoms with E-state index in [2.05, 4.69) is 15.2 Å². The van der Waals surface area contributed by atoms with E-state index in [0.29, 0.717) is 38.3 Å². The summed E-state index contributed by atoms with van der Waals surface area (Å²) in [5.74, 6) is -0.00144. The first-order chi connectivity index (χ1) is 16.0. The monoisotopic (exact) mass is 463 g/mol. The number of hydrogen-bond donors (Lipinski definition) is 2. The van der Waals surface area contributed by atoms with E-state index in [1.807, 2.05) is 60.7 Å². The van der Waals surface area contributed by atoms with Gasteiger partial charge in [0.05, 0.1) is 10.6 Å². The number of nitrogen functional groups attached to an aromatic ring is 1. The maximum absolute atomic E-state index is 13.3. The van der Waals surface area contributed by atoms with Crippen LogP contribution in [0, 0.1) is 0 Å². The van der Waals surface area contributed by atoms with Crippen LogP contribution in [0.5, 0.6) is 0 Å². The molecule has 1 saturated heterocycles. The molecule has 0 unspecified atom stereocenters. The van der Waals surface area contributed by atoms with Crippen molar-refractivity contribution < 1.29 is 9.59 Å². The summed E-state index contributed by atoms with van der Waals surface area (Å²) in [7, 11) is 0. The quantitative estimate of drug-likeness (QED) is 0.586. The van der Waals surface area contributed by atoms with Crippen molar-refractivity contribution in [2.24, 2.45) is 0 Å². The molecule has 0 aliphatic carbocycles. The fraction of sp³-hybridized carbons (Fsp3) is 0.240. The van der Waals surface area contributed by atoms with Gasteiger partial charge in [0, 0.05) is 38.9 Å². The second kappa shape index (κ2) is 10.5. The SMILES string of the molecule is Nc1ncc(C(=O)N2CCN([C@H](C(=O)NCc3ccccc3)c3ccccc3)CC2)cc1Cl. The van der Waals surface area contributed by atoms with Crippen molar-refractivity contribution in [3.8, 4) is 0 Å². The zero-order chi connectivity index (χ0) is 23.2. The number of piperazine rings is 1. The number of pyridine rings is 1. The molecule has 1 aliphatic rings. The van der Waals surface area contributed by atoms with Crippen molar-refractivity contribution in [3.63, 3.8) is 0 Å². The van der Waals surface area contributed by atoms with Crippen LogP contribution in [0.15, 0.2) is 72.9 Å². The molecule has 0 spiro atoms. The molecule has 1 aliphatic heterocycles. The molecule has 3 N–H and O–H groups in total. The van der Waals surface area contributed by atoms with Crippen LogP contribution in [0.4, 0.5) is 5.82 Å². The minimum Gasteiger partial charge on any atom is -0.382 e. The summed E-state index contributed by atoms with van der Waals surface area (Å²) in [6.45, 7) is 2.60. The first-order valence-corrected chi connectivity index (χ1v) is 11.2. The van der Waals surface area contributed by atoms with Crippen molar-refractivity contribution in [1.29, 1.82) is 0 Å². The minimum absolute atomic E-state index is 0.0562. The van der Waals surface area contributed by atoms with E-state index in [-0.39, 0.29) is 22.7 Å². The highest BCUT2D eigenvalue weighted by molar-refractivity contribution is 6.33. The van der Waals surface area contributed by atoms with E-state index in [1.54, 1.807) is 11.0 Å². The number of benzene rings is 2. The molecule has 2 amide bonds. The van der Waals surface area contributed by atoms with E-state index >= 15 is 0 Å². The summed E-state index contributed by atoms with van der Waals surface area (Å²) in [6.07, 6.45) is 1.44. The number of nitrogens with zero attached hydrogens (tertiary/aromatic N) is 3. The molecule has 1 fully saturated rings. The second-order valence-electron chi connectivity index (χ2n) is 7.94. The molecule has 0 radical (unpaired) electrons. The topological polar surface area (TPSA) is 91.6 Å². The molecule has 4 rings (SSSR count). The van der Waals surface area contributed by atoms with Crippen LogP contribution in [0.3, 0.4) is 0 Å². The normalized spacial score (nSPS) is 15.1. The Labute approximate surface area is 198 Å². The van der Waals surface area contributed by atoms with Gasteiger partial charge >= 0.3 is 0 Å². The second-order valence-corrected chi connectivity index (χ2v) is 8.34. The van der Waals surface area contributed by atoms with E-state index in [9.17, 15) is 9.59 Å². The average molecular weight is 464 g/mol. The molecular formula is C25H26ClN5O2.